The zero-order chi connectivity index (χ0) is 26.8. The van der Waals surface area contributed by atoms with Gasteiger partial charge in [0.15, 0.2) is 0 Å². The quantitative estimate of drug-likeness (QED) is 0.261. The first-order chi connectivity index (χ1) is 18.4. The Bertz CT molecular complexity index is 1390. The Balaban J connectivity index is 1.39. The molecular weight excluding hydrogens is 486 g/mol. The van der Waals surface area contributed by atoms with Gasteiger partial charge in [0.25, 0.3) is 23.6 Å². The molecule has 1 N–H and O–H groups in total. The lowest BCUT2D eigenvalue weighted by Gasteiger charge is -2.27. The highest BCUT2D eigenvalue weighted by molar-refractivity contribution is 6.31. The number of imide groups is 3. The van der Waals surface area contributed by atoms with Crippen LogP contribution in [0.1, 0.15) is 63.9 Å². The highest BCUT2D eigenvalue weighted by Gasteiger charge is 2.37. The first-order valence-electron chi connectivity index (χ1n) is 12.6. The molecule has 0 aromatic heterocycles. The van der Waals surface area contributed by atoms with Gasteiger partial charge in [0.05, 0.1) is 24.8 Å². The number of hydrogen-bond acceptors (Lipinski definition) is 6. The van der Waals surface area contributed by atoms with Crippen LogP contribution in [0, 0.1) is 0 Å². The van der Waals surface area contributed by atoms with Crippen LogP contribution in [0.5, 0.6) is 5.75 Å². The molecule has 1 fully saturated rings. The SMILES string of the molecule is COc1ccc(/C=C2\C(=O)NC(=O)N(CCC3=CCCCC3)C2=O)cc1CN1C(=O)c2ccccc2C1=O. The van der Waals surface area contributed by atoms with E-state index in [4.69, 9.17) is 4.74 Å². The van der Waals surface area contributed by atoms with E-state index in [1.807, 2.05) is 0 Å². The molecule has 0 atom stereocenters. The number of methoxy groups -OCH3 is 1. The number of rotatable bonds is 7. The fourth-order valence-electron chi connectivity index (χ4n) is 5.02. The van der Waals surface area contributed by atoms with E-state index < -0.39 is 29.7 Å². The second-order valence-electron chi connectivity index (χ2n) is 9.45. The maximum absolute atomic E-state index is 13.2. The van der Waals surface area contributed by atoms with Gasteiger partial charge in [-0.3, -0.25) is 34.3 Å². The molecule has 0 radical (unpaired) electrons. The van der Waals surface area contributed by atoms with Crippen molar-refractivity contribution < 1.29 is 28.7 Å². The maximum atomic E-state index is 13.2. The molecule has 0 unspecified atom stereocenters. The van der Waals surface area contributed by atoms with E-state index in [-0.39, 0.29) is 18.7 Å². The van der Waals surface area contributed by atoms with Crippen molar-refractivity contribution in [1.82, 2.24) is 15.1 Å². The molecule has 1 aliphatic carbocycles. The van der Waals surface area contributed by atoms with Crippen LogP contribution in [0.3, 0.4) is 0 Å². The van der Waals surface area contributed by atoms with E-state index in [0.717, 1.165) is 35.5 Å². The van der Waals surface area contributed by atoms with Crippen LogP contribution < -0.4 is 10.1 Å². The first-order valence-corrected chi connectivity index (χ1v) is 12.6. The predicted octanol–water partition coefficient (Wildman–Crippen LogP) is 3.84. The molecule has 2 heterocycles. The van der Waals surface area contributed by atoms with Gasteiger partial charge < -0.3 is 4.74 Å². The van der Waals surface area contributed by atoms with Crippen LogP contribution in [0.2, 0.25) is 0 Å². The molecule has 38 heavy (non-hydrogen) atoms. The van der Waals surface area contributed by atoms with Gasteiger partial charge in [-0.05, 0) is 68.0 Å². The number of amides is 6. The summed E-state index contributed by atoms with van der Waals surface area (Å²) in [7, 11) is 1.47. The van der Waals surface area contributed by atoms with E-state index in [0.29, 0.717) is 34.4 Å². The molecule has 2 aliphatic heterocycles. The molecule has 9 nitrogen and oxygen atoms in total. The summed E-state index contributed by atoms with van der Waals surface area (Å²) in [5.41, 5.74) is 2.74. The maximum Gasteiger partial charge on any atom is 0.331 e. The minimum Gasteiger partial charge on any atom is -0.496 e. The van der Waals surface area contributed by atoms with Gasteiger partial charge in [-0.25, -0.2) is 4.79 Å². The summed E-state index contributed by atoms with van der Waals surface area (Å²) in [6.45, 7) is 0.140. The molecule has 3 aliphatic rings. The summed E-state index contributed by atoms with van der Waals surface area (Å²) in [6.07, 6.45) is 8.33. The Morgan fingerprint density at radius 2 is 1.66 bits per heavy atom. The summed E-state index contributed by atoms with van der Waals surface area (Å²) in [5, 5.41) is 2.25. The minimum absolute atomic E-state index is 0.0492. The second kappa shape index (κ2) is 10.5. The number of benzene rings is 2. The minimum atomic E-state index is -0.772. The highest BCUT2D eigenvalue weighted by Crippen LogP contribution is 2.29. The molecule has 0 bridgehead atoms. The van der Waals surface area contributed by atoms with Crippen molar-refractivity contribution >= 4 is 35.7 Å². The lowest BCUT2D eigenvalue weighted by Crippen LogP contribution is -2.54. The molecule has 6 amide bonds. The molecule has 0 spiro atoms. The van der Waals surface area contributed by atoms with Crippen LogP contribution >= 0.6 is 0 Å². The van der Waals surface area contributed by atoms with Gasteiger partial charge >= 0.3 is 6.03 Å². The van der Waals surface area contributed by atoms with Crippen molar-refractivity contribution in [3.63, 3.8) is 0 Å². The van der Waals surface area contributed by atoms with Crippen molar-refractivity contribution in [3.8, 4) is 5.75 Å². The van der Waals surface area contributed by atoms with Gasteiger partial charge in [0.1, 0.15) is 11.3 Å². The van der Waals surface area contributed by atoms with E-state index in [1.165, 1.54) is 18.8 Å². The van der Waals surface area contributed by atoms with Crippen LogP contribution in [0.25, 0.3) is 6.08 Å². The fraction of sp³-hybridized carbons (Fsp3) is 0.276. The monoisotopic (exact) mass is 513 g/mol. The van der Waals surface area contributed by atoms with Gasteiger partial charge in [-0.2, -0.15) is 0 Å². The Labute approximate surface area is 219 Å². The van der Waals surface area contributed by atoms with Crippen molar-refractivity contribution in [2.24, 2.45) is 0 Å². The van der Waals surface area contributed by atoms with Crippen molar-refractivity contribution in [2.75, 3.05) is 13.7 Å². The average Bonchev–Trinajstić information content (AvgIpc) is 3.16. The largest absolute Gasteiger partial charge is 0.496 e. The average molecular weight is 514 g/mol. The highest BCUT2D eigenvalue weighted by atomic mass is 16.5. The number of nitrogens with zero attached hydrogens (tertiary/aromatic N) is 2. The molecule has 0 saturated carbocycles. The number of urea groups is 1. The third kappa shape index (κ3) is 4.74. The van der Waals surface area contributed by atoms with Gasteiger partial charge in [-0.15, -0.1) is 0 Å². The number of barbiturate groups is 1. The van der Waals surface area contributed by atoms with Crippen molar-refractivity contribution in [2.45, 2.75) is 38.6 Å². The van der Waals surface area contributed by atoms with E-state index >= 15 is 0 Å². The van der Waals surface area contributed by atoms with Crippen LogP contribution in [-0.4, -0.2) is 53.1 Å². The van der Waals surface area contributed by atoms with Crippen LogP contribution in [0.15, 0.2) is 59.7 Å². The molecule has 194 valence electrons. The smallest absolute Gasteiger partial charge is 0.331 e. The molecule has 9 heteroatoms. The van der Waals surface area contributed by atoms with E-state index in [9.17, 15) is 24.0 Å². The Morgan fingerprint density at radius 3 is 2.32 bits per heavy atom. The summed E-state index contributed by atoms with van der Waals surface area (Å²) >= 11 is 0. The van der Waals surface area contributed by atoms with Crippen molar-refractivity contribution in [3.05, 3.63) is 81.9 Å². The number of nitrogens with one attached hydrogen (secondary N) is 1. The number of fused-ring (bicyclic) bond motifs is 1. The third-order valence-corrected chi connectivity index (χ3v) is 7.05. The summed E-state index contributed by atoms with van der Waals surface area (Å²) in [5.74, 6) is -1.79. The summed E-state index contributed by atoms with van der Waals surface area (Å²) < 4.78 is 5.44. The molecular formula is C29H27N3O6. The topological polar surface area (TPSA) is 113 Å². The third-order valence-electron chi connectivity index (χ3n) is 7.05. The molecule has 1 saturated heterocycles. The molecule has 5 rings (SSSR count). The zero-order valence-corrected chi connectivity index (χ0v) is 21.0. The van der Waals surface area contributed by atoms with E-state index in [2.05, 4.69) is 11.4 Å². The number of ether oxygens (including phenoxy) is 1. The normalized spacial score (nSPS) is 18.6. The van der Waals surface area contributed by atoms with Gasteiger partial charge in [0, 0.05) is 12.1 Å². The lowest BCUT2D eigenvalue weighted by molar-refractivity contribution is -0.130. The number of hydrogen-bond donors (Lipinski definition) is 1. The summed E-state index contributed by atoms with van der Waals surface area (Å²) in [6, 6.07) is 10.9. The lowest BCUT2D eigenvalue weighted by atomic mass is 9.97. The molecule has 2 aromatic rings. The first kappa shape index (κ1) is 25.1. The Morgan fingerprint density at radius 1 is 0.921 bits per heavy atom. The van der Waals surface area contributed by atoms with E-state index in [1.54, 1.807) is 42.5 Å². The van der Waals surface area contributed by atoms with Gasteiger partial charge in [0.2, 0.25) is 0 Å². The number of carbonyl (C=O) groups is 5. The number of carbonyl (C=O) groups excluding carboxylic acids is 5. The fourth-order valence-corrected chi connectivity index (χ4v) is 5.02. The zero-order valence-electron chi connectivity index (χ0n) is 21.0. The van der Waals surface area contributed by atoms with Crippen molar-refractivity contribution in [1.29, 1.82) is 0 Å². The Kier molecular flexibility index (Phi) is 6.91. The Hall–Kier alpha value is -4.53. The standard InChI is InChI=1S/C29H27N3O6/c1-38-24-12-11-19(15-20(24)17-32-26(34)21-9-5-6-10-22(21)27(32)35)16-23-25(33)30-29(37)31(28(23)36)14-13-18-7-3-2-4-8-18/h5-7,9-12,15-16H,2-4,8,13-14,17H2,1H3,(H,30,33,37)/b23-16+. The molecule has 2 aromatic carbocycles. The summed E-state index contributed by atoms with van der Waals surface area (Å²) in [4.78, 5) is 66.1. The van der Waals surface area contributed by atoms with Gasteiger partial charge in [-0.1, -0.05) is 29.8 Å². The van der Waals surface area contributed by atoms with Crippen LogP contribution in [0.4, 0.5) is 4.79 Å². The second-order valence-corrected chi connectivity index (χ2v) is 9.45. The number of allylic oxidation sites excluding steroid dienone is 1. The predicted molar refractivity (Wildman–Crippen MR) is 138 cm³/mol. The van der Waals surface area contributed by atoms with Crippen LogP contribution in [-0.2, 0) is 16.1 Å².